The van der Waals surface area contributed by atoms with Crippen LogP contribution in [0.5, 0.6) is 0 Å². The Bertz CT molecular complexity index is 802. The fourth-order valence-electron chi connectivity index (χ4n) is 2.54. The Morgan fingerprint density at radius 1 is 1.43 bits per heavy atom. The van der Waals surface area contributed by atoms with Gasteiger partial charge in [0.25, 0.3) is 0 Å². The minimum absolute atomic E-state index is 0.0485. The summed E-state index contributed by atoms with van der Waals surface area (Å²) in [6.07, 6.45) is -1.19. The number of benzene rings is 1. The van der Waals surface area contributed by atoms with Gasteiger partial charge in [0.05, 0.1) is 5.56 Å². The number of anilines is 1. The first-order valence-electron chi connectivity index (χ1n) is 7.10. The van der Waals surface area contributed by atoms with Crippen molar-refractivity contribution in [1.29, 1.82) is 5.26 Å². The molecule has 0 unspecified atom stereocenters. The van der Waals surface area contributed by atoms with Gasteiger partial charge in [-0.1, -0.05) is 26.0 Å². The number of nitriles is 1. The van der Waals surface area contributed by atoms with Crippen LogP contribution >= 0.6 is 11.3 Å². The van der Waals surface area contributed by atoms with Gasteiger partial charge in [-0.05, 0) is 11.5 Å². The van der Waals surface area contributed by atoms with Gasteiger partial charge in [0, 0.05) is 28.7 Å². The third kappa shape index (κ3) is 3.04. The highest BCUT2D eigenvalue weighted by molar-refractivity contribution is 7.23. The summed E-state index contributed by atoms with van der Waals surface area (Å²) in [5.41, 5.74) is 1.01. The number of amides is 1. The monoisotopic (exact) mass is 330 g/mol. The van der Waals surface area contributed by atoms with Crippen LogP contribution in [0, 0.1) is 16.7 Å². The summed E-state index contributed by atoms with van der Waals surface area (Å²) in [6.45, 7) is 5.23. The van der Waals surface area contributed by atoms with Crippen molar-refractivity contribution < 1.29 is 19.2 Å². The normalized spacial score (nSPS) is 17.0. The zero-order chi connectivity index (χ0) is 16.6. The first kappa shape index (κ1) is 15.8. The molecule has 0 radical (unpaired) electrons. The lowest BCUT2D eigenvalue weighted by Gasteiger charge is -2.33. The fourth-order valence-corrected chi connectivity index (χ4v) is 3.61. The molecule has 8 heteroatoms. The molecule has 1 aliphatic rings. The second-order valence-electron chi connectivity index (χ2n) is 6.19. The molecule has 3 rings (SSSR count). The maximum Gasteiger partial charge on any atom is 0.494 e. The highest BCUT2D eigenvalue weighted by Crippen LogP contribution is 2.35. The number of thiophene rings is 1. The molecule has 1 aromatic heterocycles. The van der Waals surface area contributed by atoms with E-state index in [0.29, 0.717) is 29.2 Å². The molecule has 6 nitrogen and oxygen atoms in total. The van der Waals surface area contributed by atoms with E-state index in [-0.39, 0.29) is 5.41 Å². The van der Waals surface area contributed by atoms with Gasteiger partial charge in [0.15, 0.2) is 0 Å². The van der Waals surface area contributed by atoms with E-state index in [1.807, 2.05) is 18.2 Å². The Labute approximate surface area is 137 Å². The molecule has 1 fully saturated rings. The van der Waals surface area contributed by atoms with Crippen molar-refractivity contribution in [2.75, 3.05) is 18.5 Å². The maximum atomic E-state index is 10.9. The topological polar surface area (TPSA) is 91.6 Å². The summed E-state index contributed by atoms with van der Waals surface area (Å²) in [5, 5.41) is 21.7. The average molecular weight is 330 g/mol. The predicted octanol–water partition coefficient (Wildman–Crippen LogP) is 2.63. The molecule has 23 heavy (non-hydrogen) atoms. The summed E-state index contributed by atoms with van der Waals surface area (Å²) >= 11 is 1.23. The van der Waals surface area contributed by atoms with Crippen LogP contribution in [0.4, 0.5) is 9.80 Å². The molecular formula is C15H15BN2O4S. The Morgan fingerprint density at radius 3 is 2.74 bits per heavy atom. The molecule has 1 saturated heterocycles. The summed E-state index contributed by atoms with van der Waals surface area (Å²) in [7, 11) is -0.550. The van der Waals surface area contributed by atoms with Crippen LogP contribution in [0.2, 0.25) is 0 Å². The summed E-state index contributed by atoms with van der Waals surface area (Å²) in [5.74, 6) is 0. The van der Waals surface area contributed by atoms with Crippen LogP contribution < -0.4 is 10.8 Å². The lowest BCUT2D eigenvalue weighted by atomic mass is 9.73. The van der Waals surface area contributed by atoms with E-state index < -0.39 is 13.2 Å². The van der Waals surface area contributed by atoms with Crippen molar-refractivity contribution in [2.24, 2.45) is 5.41 Å². The van der Waals surface area contributed by atoms with E-state index >= 15 is 0 Å². The standard InChI is InChI=1S/C15H15BN2O4S/c1-15(2)7-21-16(22-8-15)10-4-3-5-11-12(10)9(6-17)13(23-11)18-14(19)20/h3-5,18H,7-8H2,1-2H3,(H,19,20). The number of rotatable bonds is 2. The first-order chi connectivity index (χ1) is 10.9. The predicted molar refractivity (Wildman–Crippen MR) is 89.3 cm³/mol. The Kier molecular flexibility index (Phi) is 4.02. The van der Waals surface area contributed by atoms with E-state index in [1.165, 1.54) is 11.3 Å². The zero-order valence-electron chi connectivity index (χ0n) is 12.8. The van der Waals surface area contributed by atoms with Crippen molar-refractivity contribution in [3.63, 3.8) is 0 Å². The lowest BCUT2D eigenvalue weighted by Crippen LogP contribution is -2.47. The van der Waals surface area contributed by atoms with E-state index in [1.54, 1.807) is 0 Å². The highest BCUT2D eigenvalue weighted by Gasteiger charge is 2.35. The van der Waals surface area contributed by atoms with Crippen LogP contribution in [0.15, 0.2) is 18.2 Å². The Balaban J connectivity index is 2.06. The van der Waals surface area contributed by atoms with Crippen LogP contribution in [-0.4, -0.2) is 31.5 Å². The highest BCUT2D eigenvalue weighted by atomic mass is 32.1. The maximum absolute atomic E-state index is 10.9. The second kappa shape index (κ2) is 5.85. The Morgan fingerprint density at radius 2 is 2.13 bits per heavy atom. The number of carboxylic acid groups (broad SMARTS) is 1. The number of fused-ring (bicyclic) bond motifs is 1. The molecule has 1 aliphatic heterocycles. The van der Waals surface area contributed by atoms with Crippen molar-refractivity contribution >= 4 is 45.1 Å². The van der Waals surface area contributed by atoms with Crippen molar-refractivity contribution in [1.82, 2.24) is 0 Å². The molecule has 2 heterocycles. The minimum atomic E-state index is -1.19. The largest absolute Gasteiger partial charge is 0.494 e. The van der Waals surface area contributed by atoms with E-state index in [4.69, 9.17) is 14.4 Å². The molecule has 1 aromatic carbocycles. The number of nitrogens with zero attached hydrogens (tertiary/aromatic N) is 1. The van der Waals surface area contributed by atoms with Gasteiger partial charge < -0.3 is 14.4 Å². The lowest BCUT2D eigenvalue weighted by molar-refractivity contribution is 0.0344. The van der Waals surface area contributed by atoms with Gasteiger partial charge in [-0.25, -0.2) is 4.79 Å². The number of hydrogen-bond acceptors (Lipinski definition) is 5. The van der Waals surface area contributed by atoms with Crippen molar-refractivity contribution in [2.45, 2.75) is 13.8 Å². The van der Waals surface area contributed by atoms with Crippen LogP contribution in [0.25, 0.3) is 10.1 Å². The third-order valence-electron chi connectivity index (χ3n) is 3.58. The first-order valence-corrected chi connectivity index (χ1v) is 7.91. The van der Waals surface area contributed by atoms with Crippen molar-refractivity contribution in [3.05, 3.63) is 23.8 Å². The zero-order valence-corrected chi connectivity index (χ0v) is 13.6. The van der Waals surface area contributed by atoms with Crippen molar-refractivity contribution in [3.8, 4) is 6.07 Å². The molecule has 0 spiro atoms. The fraction of sp³-hybridized carbons (Fsp3) is 0.333. The SMILES string of the molecule is CC1(C)COB(c2cccc3sc(NC(=O)O)c(C#N)c23)OC1. The molecule has 0 atom stereocenters. The Hall–Kier alpha value is -2.08. The summed E-state index contributed by atoms with van der Waals surface area (Å²) in [4.78, 5) is 10.9. The van der Waals surface area contributed by atoms with E-state index in [9.17, 15) is 10.1 Å². The van der Waals surface area contributed by atoms with Gasteiger partial charge in [0.1, 0.15) is 11.1 Å². The van der Waals surface area contributed by atoms with Gasteiger partial charge in [-0.3, -0.25) is 5.32 Å². The number of carbonyl (C=O) groups is 1. The second-order valence-corrected chi connectivity index (χ2v) is 7.24. The molecule has 0 bridgehead atoms. The minimum Gasteiger partial charge on any atom is -0.465 e. The van der Waals surface area contributed by atoms with Crippen LogP contribution in [0.1, 0.15) is 19.4 Å². The van der Waals surface area contributed by atoms with Crippen LogP contribution in [-0.2, 0) is 9.31 Å². The van der Waals surface area contributed by atoms with E-state index in [2.05, 4.69) is 25.2 Å². The number of hydrogen-bond donors (Lipinski definition) is 2. The molecule has 118 valence electrons. The molecular weight excluding hydrogens is 315 g/mol. The van der Waals surface area contributed by atoms with Gasteiger partial charge >= 0.3 is 13.2 Å². The van der Waals surface area contributed by atoms with Gasteiger partial charge in [-0.2, -0.15) is 5.26 Å². The van der Waals surface area contributed by atoms with Crippen LogP contribution in [0.3, 0.4) is 0 Å². The third-order valence-corrected chi connectivity index (χ3v) is 4.66. The average Bonchev–Trinajstić information content (AvgIpc) is 2.83. The van der Waals surface area contributed by atoms with Gasteiger partial charge in [0.2, 0.25) is 0 Å². The van der Waals surface area contributed by atoms with Gasteiger partial charge in [-0.15, -0.1) is 11.3 Å². The molecule has 1 amide bonds. The number of nitrogens with one attached hydrogen (secondary N) is 1. The smallest absolute Gasteiger partial charge is 0.465 e. The van der Waals surface area contributed by atoms with E-state index in [0.717, 1.165) is 10.2 Å². The quantitative estimate of drug-likeness (QED) is 0.826. The molecule has 2 N–H and O–H groups in total. The molecule has 0 saturated carbocycles. The molecule has 0 aliphatic carbocycles. The molecule has 2 aromatic rings. The summed E-state index contributed by atoms with van der Waals surface area (Å²) in [6, 6.07) is 7.65. The summed E-state index contributed by atoms with van der Waals surface area (Å²) < 4.78 is 12.4.